The van der Waals surface area contributed by atoms with Crippen molar-refractivity contribution in [1.82, 2.24) is 10.6 Å². The molecule has 0 aromatic carbocycles. The lowest BCUT2D eigenvalue weighted by Gasteiger charge is -2.41. The van der Waals surface area contributed by atoms with Crippen LogP contribution in [0.3, 0.4) is 0 Å². The summed E-state index contributed by atoms with van der Waals surface area (Å²) in [4.78, 5) is 11.3. The molecule has 0 atom stereocenters. The number of rotatable bonds is 5. The molecule has 0 aliphatic heterocycles. The molecule has 1 aliphatic rings. The smallest absolute Gasteiger partial charge is 0.314 e. The van der Waals surface area contributed by atoms with E-state index in [4.69, 9.17) is 0 Å². The number of carbonyl (C=O) groups excluding carboxylic acids is 1. The number of hydrogen-bond acceptors (Lipinski definition) is 1. The second kappa shape index (κ2) is 5.23. The van der Waals surface area contributed by atoms with Crippen LogP contribution in [-0.2, 0) is 0 Å². The highest BCUT2D eigenvalue weighted by atomic mass is 16.2. The van der Waals surface area contributed by atoms with Gasteiger partial charge in [-0.05, 0) is 31.1 Å². The zero-order valence-electron chi connectivity index (χ0n) is 9.36. The maximum absolute atomic E-state index is 11.3. The van der Waals surface area contributed by atoms with Crippen LogP contribution < -0.4 is 10.6 Å². The molecule has 0 aromatic rings. The van der Waals surface area contributed by atoms with Crippen LogP contribution in [0.25, 0.3) is 0 Å². The molecular weight excluding hydrogens is 176 g/mol. The molecule has 0 aromatic heterocycles. The van der Waals surface area contributed by atoms with E-state index in [1.54, 1.807) is 0 Å². The molecule has 1 aliphatic carbocycles. The maximum atomic E-state index is 11.3. The molecule has 1 saturated carbocycles. The Hall–Kier alpha value is -0.730. The Balaban J connectivity index is 2.15. The van der Waals surface area contributed by atoms with Crippen molar-refractivity contribution in [1.29, 1.82) is 0 Å². The van der Waals surface area contributed by atoms with Crippen LogP contribution >= 0.6 is 0 Å². The van der Waals surface area contributed by atoms with E-state index < -0.39 is 0 Å². The fraction of sp³-hybridized carbons (Fsp3) is 0.909. The zero-order chi connectivity index (χ0) is 10.4. The third-order valence-electron chi connectivity index (χ3n) is 3.32. The number of hydrogen-bond donors (Lipinski definition) is 2. The number of amides is 2. The van der Waals surface area contributed by atoms with Gasteiger partial charge in [0.1, 0.15) is 0 Å². The molecule has 14 heavy (non-hydrogen) atoms. The quantitative estimate of drug-likeness (QED) is 0.699. The highest BCUT2D eigenvalue weighted by molar-refractivity contribution is 5.73. The topological polar surface area (TPSA) is 41.1 Å². The van der Waals surface area contributed by atoms with Gasteiger partial charge in [-0.1, -0.05) is 20.3 Å². The van der Waals surface area contributed by atoms with Crippen molar-refractivity contribution in [3.8, 4) is 0 Å². The van der Waals surface area contributed by atoms with Gasteiger partial charge in [0, 0.05) is 13.1 Å². The van der Waals surface area contributed by atoms with Crippen LogP contribution in [0, 0.1) is 5.41 Å². The van der Waals surface area contributed by atoms with Crippen LogP contribution in [0.1, 0.15) is 46.0 Å². The first-order valence-corrected chi connectivity index (χ1v) is 5.74. The van der Waals surface area contributed by atoms with Crippen LogP contribution in [0.5, 0.6) is 0 Å². The van der Waals surface area contributed by atoms with Crippen molar-refractivity contribution < 1.29 is 4.79 Å². The van der Waals surface area contributed by atoms with E-state index in [0.717, 1.165) is 19.5 Å². The highest BCUT2D eigenvalue weighted by Gasteiger charge is 2.34. The summed E-state index contributed by atoms with van der Waals surface area (Å²) in [7, 11) is 0. The molecule has 3 nitrogen and oxygen atoms in total. The maximum Gasteiger partial charge on any atom is 0.314 e. The van der Waals surface area contributed by atoms with Crippen molar-refractivity contribution in [3.05, 3.63) is 0 Å². The molecule has 1 rings (SSSR count). The van der Waals surface area contributed by atoms with Gasteiger partial charge < -0.3 is 10.6 Å². The van der Waals surface area contributed by atoms with E-state index in [1.807, 2.05) is 0 Å². The molecule has 2 N–H and O–H groups in total. The fourth-order valence-electron chi connectivity index (χ4n) is 1.90. The van der Waals surface area contributed by atoms with Crippen molar-refractivity contribution in [2.45, 2.75) is 46.0 Å². The summed E-state index contributed by atoms with van der Waals surface area (Å²) < 4.78 is 0. The predicted molar refractivity (Wildman–Crippen MR) is 58.3 cm³/mol. The van der Waals surface area contributed by atoms with Gasteiger partial charge in [0.15, 0.2) is 0 Å². The van der Waals surface area contributed by atoms with Gasteiger partial charge >= 0.3 is 6.03 Å². The number of nitrogens with one attached hydrogen (secondary N) is 2. The van der Waals surface area contributed by atoms with Gasteiger partial charge in [0.25, 0.3) is 0 Å². The standard InChI is InChI=1S/C11H22N2O/c1-3-8-12-10(14)13-9-11(4-2)6-5-7-11/h3-9H2,1-2H3,(H2,12,13,14). The minimum absolute atomic E-state index is 0.00780. The van der Waals surface area contributed by atoms with Gasteiger partial charge in [-0.3, -0.25) is 0 Å². The predicted octanol–water partition coefficient (Wildman–Crippen LogP) is 2.28. The first kappa shape index (κ1) is 11.3. The van der Waals surface area contributed by atoms with Gasteiger partial charge in [0.05, 0.1) is 0 Å². The van der Waals surface area contributed by atoms with Gasteiger partial charge in [-0.15, -0.1) is 0 Å². The Bertz CT molecular complexity index is 182. The van der Waals surface area contributed by atoms with Crippen LogP contribution in [0.15, 0.2) is 0 Å². The Morgan fingerprint density at radius 2 is 2.00 bits per heavy atom. The minimum atomic E-state index is -0.00780. The van der Waals surface area contributed by atoms with Crippen molar-refractivity contribution in [2.75, 3.05) is 13.1 Å². The summed E-state index contributed by atoms with van der Waals surface area (Å²) in [6, 6.07) is -0.00780. The lowest BCUT2D eigenvalue weighted by Crippen LogP contribution is -2.45. The Kier molecular flexibility index (Phi) is 4.23. The van der Waals surface area contributed by atoms with E-state index in [1.165, 1.54) is 25.7 Å². The fourth-order valence-corrected chi connectivity index (χ4v) is 1.90. The third-order valence-corrected chi connectivity index (χ3v) is 3.32. The zero-order valence-corrected chi connectivity index (χ0v) is 9.36. The summed E-state index contributed by atoms with van der Waals surface area (Å²) in [6.45, 7) is 5.88. The molecule has 1 fully saturated rings. The van der Waals surface area contributed by atoms with Crippen LogP contribution in [0.4, 0.5) is 4.79 Å². The average Bonchev–Trinajstić information content (AvgIpc) is 2.14. The van der Waals surface area contributed by atoms with Crippen LogP contribution in [0.2, 0.25) is 0 Å². The van der Waals surface area contributed by atoms with Crippen molar-refractivity contribution >= 4 is 6.03 Å². The first-order chi connectivity index (χ1) is 6.72. The van der Waals surface area contributed by atoms with Gasteiger partial charge in [-0.25, -0.2) is 4.79 Å². The Labute approximate surface area is 86.6 Å². The van der Waals surface area contributed by atoms with Gasteiger partial charge in [-0.2, -0.15) is 0 Å². The summed E-state index contributed by atoms with van der Waals surface area (Å²) in [5.41, 5.74) is 0.420. The minimum Gasteiger partial charge on any atom is -0.338 e. The molecular formula is C11H22N2O. The summed E-state index contributed by atoms with van der Waals surface area (Å²) in [5, 5.41) is 5.79. The van der Waals surface area contributed by atoms with Crippen LogP contribution in [-0.4, -0.2) is 19.1 Å². The SMILES string of the molecule is CCCNC(=O)NCC1(CC)CCC1. The van der Waals surface area contributed by atoms with E-state index in [9.17, 15) is 4.79 Å². The van der Waals surface area contributed by atoms with Crippen molar-refractivity contribution in [2.24, 2.45) is 5.41 Å². The molecule has 2 amide bonds. The lowest BCUT2D eigenvalue weighted by atomic mass is 9.67. The first-order valence-electron chi connectivity index (χ1n) is 5.74. The lowest BCUT2D eigenvalue weighted by molar-refractivity contribution is 0.126. The van der Waals surface area contributed by atoms with E-state index in [0.29, 0.717) is 5.41 Å². The van der Waals surface area contributed by atoms with Crippen molar-refractivity contribution in [3.63, 3.8) is 0 Å². The molecule has 0 heterocycles. The molecule has 0 spiro atoms. The monoisotopic (exact) mass is 198 g/mol. The second-order valence-electron chi connectivity index (χ2n) is 4.32. The molecule has 0 saturated heterocycles. The molecule has 0 bridgehead atoms. The summed E-state index contributed by atoms with van der Waals surface area (Å²) >= 11 is 0. The van der Waals surface area contributed by atoms with E-state index >= 15 is 0 Å². The Morgan fingerprint density at radius 1 is 1.29 bits per heavy atom. The summed E-state index contributed by atoms with van der Waals surface area (Å²) in [5.74, 6) is 0. The second-order valence-corrected chi connectivity index (χ2v) is 4.32. The third kappa shape index (κ3) is 2.89. The van der Waals surface area contributed by atoms with Gasteiger partial charge in [0.2, 0.25) is 0 Å². The molecule has 3 heteroatoms. The van der Waals surface area contributed by atoms with E-state index in [2.05, 4.69) is 24.5 Å². The molecule has 82 valence electrons. The largest absolute Gasteiger partial charge is 0.338 e. The number of urea groups is 1. The Morgan fingerprint density at radius 3 is 2.43 bits per heavy atom. The normalized spacial score (nSPS) is 18.4. The molecule has 0 radical (unpaired) electrons. The average molecular weight is 198 g/mol. The number of carbonyl (C=O) groups is 1. The molecule has 0 unspecified atom stereocenters. The summed E-state index contributed by atoms with van der Waals surface area (Å²) in [6.07, 6.45) is 6.05. The highest BCUT2D eigenvalue weighted by Crippen LogP contribution is 2.42. The van der Waals surface area contributed by atoms with E-state index in [-0.39, 0.29) is 6.03 Å².